The Kier molecular flexibility index (Phi) is 6.57. The highest BCUT2D eigenvalue weighted by Crippen LogP contribution is 2.29. The van der Waals surface area contributed by atoms with Crippen LogP contribution < -0.4 is 14.8 Å². The second-order valence-corrected chi connectivity index (χ2v) is 8.74. The third kappa shape index (κ3) is 4.84. The third-order valence-electron chi connectivity index (χ3n) is 5.48. The Morgan fingerprint density at radius 3 is 2.50 bits per heavy atom. The van der Waals surface area contributed by atoms with Gasteiger partial charge in [0.05, 0.1) is 30.9 Å². The van der Waals surface area contributed by atoms with Crippen molar-refractivity contribution in [3.8, 4) is 11.5 Å². The first-order valence-corrected chi connectivity index (χ1v) is 11.2. The first kappa shape index (κ1) is 22.0. The summed E-state index contributed by atoms with van der Waals surface area (Å²) in [6, 6.07) is 10.9. The van der Waals surface area contributed by atoms with E-state index in [0.717, 1.165) is 42.0 Å². The fraction of sp³-hybridized carbons (Fsp3) is 0.348. The van der Waals surface area contributed by atoms with Gasteiger partial charge < -0.3 is 24.6 Å². The average molecular weight is 455 g/mol. The van der Waals surface area contributed by atoms with Crippen molar-refractivity contribution in [3.63, 3.8) is 0 Å². The first-order chi connectivity index (χ1) is 15.5. The van der Waals surface area contributed by atoms with Crippen LogP contribution in [0.1, 0.15) is 15.9 Å². The van der Waals surface area contributed by atoms with Crippen molar-refractivity contribution in [2.24, 2.45) is 0 Å². The molecular weight excluding hydrogens is 428 g/mol. The molecule has 2 heterocycles. The van der Waals surface area contributed by atoms with Crippen LogP contribution in [-0.2, 0) is 11.2 Å². The Balaban J connectivity index is 1.44. The zero-order valence-electron chi connectivity index (χ0n) is 18.4. The lowest BCUT2D eigenvalue weighted by atomic mass is 10.1. The summed E-state index contributed by atoms with van der Waals surface area (Å²) in [7, 11) is 5.19. The Hall–Kier alpha value is -3.17. The molecule has 1 saturated heterocycles. The Morgan fingerprint density at radius 2 is 1.78 bits per heavy atom. The predicted octanol–water partition coefficient (Wildman–Crippen LogP) is 2.88. The van der Waals surface area contributed by atoms with Gasteiger partial charge in [-0.1, -0.05) is 17.4 Å². The maximum Gasteiger partial charge on any atom is 0.253 e. The van der Waals surface area contributed by atoms with Gasteiger partial charge in [-0.3, -0.25) is 9.59 Å². The van der Waals surface area contributed by atoms with Crippen molar-refractivity contribution < 1.29 is 19.1 Å². The molecule has 8 nitrogen and oxygen atoms in total. The van der Waals surface area contributed by atoms with Crippen LogP contribution in [0.5, 0.6) is 11.5 Å². The minimum absolute atomic E-state index is 0.0347. The molecule has 0 bridgehead atoms. The molecule has 0 radical (unpaired) electrons. The smallest absolute Gasteiger partial charge is 0.253 e. The average Bonchev–Trinajstić information content (AvgIpc) is 3.20. The van der Waals surface area contributed by atoms with E-state index in [1.165, 1.54) is 11.3 Å². The normalized spacial score (nSPS) is 14.4. The summed E-state index contributed by atoms with van der Waals surface area (Å²) in [5.41, 5.74) is 2.21. The zero-order chi connectivity index (χ0) is 22.7. The van der Waals surface area contributed by atoms with Crippen molar-refractivity contribution in [3.05, 3.63) is 47.5 Å². The van der Waals surface area contributed by atoms with Crippen LogP contribution in [0.3, 0.4) is 0 Å². The van der Waals surface area contributed by atoms with Gasteiger partial charge in [-0.25, -0.2) is 4.98 Å². The van der Waals surface area contributed by atoms with Gasteiger partial charge in [-0.2, -0.15) is 0 Å². The number of amides is 2. The van der Waals surface area contributed by atoms with Crippen molar-refractivity contribution in [1.82, 2.24) is 14.8 Å². The number of carbonyl (C=O) groups excluding carboxylic acids is 2. The molecule has 2 amide bonds. The van der Waals surface area contributed by atoms with E-state index in [-0.39, 0.29) is 18.2 Å². The number of carbonyl (C=O) groups is 2. The lowest BCUT2D eigenvalue weighted by Gasteiger charge is -2.32. The van der Waals surface area contributed by atoms with Gasteiger partial charge in [0.15, 0.2) is 16.6 Å². The number of methoxy groups -OCH3 is 2. The topological polar surface area (TPSA) is 84.0 Å². The second-order valence-electron chi connectivity index (χ2n) is 7.71. The summed E-state index contributed by atoms with van der Waals surface area (Å²) >= 11 is 1.36. The number of rotatable bonds is 6. The number of hydrogen-bond donors (Lipinski definition) is 1. The molecule has 1 aliphatic heterocycles. The molecule has 3 aromatic rings. The molecule has 32 heavy (non-hydrogen) atoms. The van der Waals surface area contributed by atoms with Crippen LogP contribution >= 0.6 is 11.3 Å². The molecule has 0 aliphatic carbocycles. The number of thiazole rings is 1. The summed E-state index contributed by atoms with van der Waals surface area (Å²) in [5, 5.41) is 3.37. The van der Waals surface area contributed by atoms with Gasteiger partial charge in [0.2, 0.25) is 5.91 Å². The van der Waals surface area contributed by atoms with Crippen LogP contribution in [0.4, 0.5) is 5.13 Å². The van der Waals surface area contributed by atoms with Gasteiger partial charge in [-0.05, 0) is 42.9 Å². The fourth-order valence-electron chi connectivity index (χ4n) is 3.64. The van der Waals surface area contributed by atoms with E-state index in [1.54, 1.807) is 32.4 Å². The van der Waals surface area contributed by atoms with E-state index in [0.29, 0.717) is 22.2 Å². The molecule has 0 saturated carbocycles. The van der Waals surface area contributed by atoms with Gasteiger partial charge in [0.1, 0.15) is 0 Å². The maximum atomic E-state index is 12.8. The molecule has 0 atom stereocenters. The number of aromatic nitrogens is 1. The maximum absolute atomic E-state index is 12.8. The highest BCUT2D eigenvalue weighted by Gasteiger charge is 2.21. The summed E-state index contributed by atoms with van der Waals surface area (Å²) < 4.78 is 11.4. The zero-order valence-corrected chi connectivity index (χ0v) is 19.2. The highest BCUT2D eigenvalue weighted by atomic mass is 32.1. The van der Waals surface area contributed by atoms with Gasteiger partial charge in [0, 0.05) is 31.7 Å². The molecule has 0 unspecified atom stereocenters. The van der Waals surface area contributed by atoms with Crippen molar-refractivity contribution in [2.75, 3.05) is 52.8 Å². The largest absolute Gasteiger partial charge is 0.493 e. The summed E-state index contributed by atoms with van der Waals surface area (Å²) in [6.45, 7) is 3.22. The highest BCUT2D eigenvalue weighted by molar-refractivity contribution is 7.22. The summed E-state index contributed by atoms with van der Waals surface area (Å²) in [4.78, 5) is 34.0. The first-order valence-electron chi connectivity index (χ1n) is 10.4. The van der Waals surface area contributed by atoms with E-state index in [1.807, 2.05) is 23.1 Å². The lowest BCUT2D eigenvalue weighted by molar-refractivity contribution is -0.115. The molecule has 2 aromatic carbocycles. The Bertz CT molecular complexity index is 1140. The van der Waals surface area contributed by atoms with Crippen molar-refractivity contribution in [1.29, 1.82) is 0 Å². The number of anilines is 1. The van der Waals surface area contributed by atoms with Crippen LogP contribution in [0.25, 0.3) is 10.2 Å². The summed E-state index contributed by atoms with van der Waals surface area (Å²) in [6.07, 6.45) is 0.184. The summed E-state index contributed by atoms with van der Waals surface area (Å²) in [5.74, 6) is 1.05. The molecule has 1 aliphatic rings. The van der Waals surface area contributed by atoms with E-state index >= 15 is 0 Å². The minimum Gasteiger partial charge on any atom is -0.493 e. The Morgan fingerprint density at radius 1 is 1.03 bits per heavy atom. The second kappa shape index (κ2) is 9.54. The fourth-order valence-corrected chi connectivity index (χ4v) is 4.56. The molecule has 1 N–H and O–H groups in total. The number of likely N-dealkylation sites (N-methyl/N-ethyl adjacent to an activating group) is 1. The van der Waals surface area contributed by atoms with Crippen LogP contribution in [0, 0.1) is 0 Å². The molecule has 9 heteroatoms. The van der Waals surface area contributed by atoms with Gasteiger partial charge >= 0.3 is 0 Å². The number of fused-ring (bicyclic) bond motifs is 1. The number of ether oxygens (including phenoxy) is 2. The molecular formula is C23H26N4O4S. The monoisotopic (exact) mass is 454 g/mol. The molecule has 1 fully saturated rings. The molecule has 1 aromatic heterocycles. The SMILES string of the molecule is COc1ccc(CC(=O)Nc2nc3ccc(C(=O)N4CCN(C)CC4)cc3s2)cc1OC. The molecule has 4 rings (SSSR count). The standard InChI is InChI=1S/C23H26N4O4S/c1-26-8-10-27(11-9-26)22(29)16-5-6-17-20(14-16)32-23(24-17)25-21(28)13-15-4-7-18(30-2)19(12-15)31-3/h4-7,12,14H,8-11,13H2,1-3H3,(H,24,25,28). The Labute approximate surface area is 190 Å². The molecule has 168 valence electrons. The lowest BCUT2D eigenvalue weighted by Crippen LogP contribution is -2.47. The van der Waals surface area contributed by atoms with Crippen molar-refractivity contribution in [2.45, 2.75) is 6.42 Å². The van der Waals surface area contributed by atoms with E-state index in [9.17, 15) is 9.59 Å². The predicted molar refractivity (Wildman–Crippen MR) is 125 cm³/mol. The number of hydrogen-bond acceptors (Lipinski definition) is 7. The van der Waals surface area contributed by atoms with Crippen LogP contribution in [0.15, 0.2) is 36.4 Å². The third-order valence-corrected chi connectivity index (χ3v) is 6.42. The van der Waals surface area contributed by atoms with Gasteiger partial charge in [-0.15, -0.1) is 0 Å². The quantitative estimate of drug-likeness (QED) is 0.617. The van der Waals surface area contributed by atoms with E-state index < -0.39 is 0 Å². The van der Waals surface area contributed by atoms with Crippen LogP contribution in [-0.4, -0.2) is 74.0 Å². The van der Waals surface area contributed by atoms with Crippen LogP contribution in [0.2, 0.25) is 0 Å². The van der Waals surface area contributed by atoms with Crippen molar-refractivity contribution >= 4 is 38.5 Å². The number of piperazine rings is 1. The molecule has 0 spiro atoms. The number of benzene rings is 2. The van der Waals surface area contributed by atoms with E-state index in [2.05, 4.69) is 22.2 Å². The van der Waals surface area contributed by atoms with E-state index in [4.69, 9.17) is 9.47 Å². The van der Waals surface area contributed by atoms with Gasteiger partial charge in [0.25, 0.3) is 5.91 Å². The number of nitrogens with zero attached hydrogens (tertiary/aromatic N) is 3. The number of nitrogens with one attached hydrogen (secondary N) is 1. The minimum atomic E-state index is -0.176.